The number of carbonyl (C=O) groups excluding carboxylic acids is 1. The SMILES string of the molecule is Cc1ccc(C)c([C@@H](NC(=O)c2cccs2)c2cccnc2)c1. The molecule has 0 unspecified atom stereocenters. The fourth-order valence-electron chi connectivity index (χ4n) is 2.57. The number of carbonyl (C=O) groups is 1. The predicted octanol–water partition coefficient (Wildman–Crippen LogP) is 4.28. The van der Waals surface area contributed by atoms with Crippen LogP contribution in [-0.4, -0.2) is 10.9 Å². The number of hydrogen-bond donors (Lipinski definition) is 1. The van der Waals surface area contributed by atoms with Gasteiger partial charge in [-0.05, 0) is 48.1 Å². The Morgan fingerprint density at radius 1 is 1.17 bits per heavy atom. The zero-order valence-corrected chi connectivity index (χ0v) is 13.9. The number of pyridine rings is 1. The smallest absolute Gasteiger partial charge is 0.262 e. The second-order valence-electron chi connectivity index (χ2n) is 5.53. The van der Waals surface area contributed by atoms with E-state index in [0.717, 1.165) is 16.7 Å². The minimum absolute atomic E-state index is 0.0604. The molecule has 0 bridgehead atoms. The zero-order valence-electron chi connectivity index (χ0n) is 13.1. The summed E-state index contributed by atoms with van der Waals surface area (Å²) >= 11 is 1.44. The van der Waals surface area contributed by atoms with Crippen molar-refractivity contribution in [2.24, 2.45) is 0 Å². The molecule has 3 aromatic rings. The van der Waals surface area contributed by atoms with Crippen LogP contribution >= 0.6 is 11.3 Å². The van der Waals surface area contributed by atoms with Gasteiger partial charge in [0.25, 0.3) is 5.91 Å². The average molecular weight is 322 g/mol. The van der Waals surface area contributed by atoms with Crippen LogP contribution in [0.2, 0.25) is 0 Å². The van der Waals surface area contributed by atoms with Crippen LogP contribution in [-0.2, 0) is 0 Å². The molecule has 4 heteroatoms. The number of aryl methyl sites for hydroxylation is 2. The van der Waals surface area contributed by atoms with Crippen molar-refractivity contribution in [1.29, 1.82) is 0 Å². The maximum atomic E-state index is 12.5. The molecule has 2 aromatic heterocycles. The maximum absolute atomic E-state index is 12.5. The molecule has 1 aromatic carbocycles. The molecular weight excluding hydrogens is 304 g/mol. The van der Waals surface area contributed by atoms with Crippen molar-refractivity contribution in [2.75, 3.05) is 0 Å². The number of benzene rings is 1. The Kier molecular flexibility index (Phi) is 4.53. The van der Waals surface area contributed by atoms with Gasteiger partial charge in [-0.15, -0.1) is 11.3 Å². The number of nitrogens with zero attached hydrogens (tertiary/aromatic N) is 1. The topological polar surface area (TPSA) is 42.0 Å². The third kappa shape index (κ3) is 3.48. The predicted molar refractivity (Wildman–Crippen MR) is 93.8 cm³/mol. The monoisotopic (exact) mass is 322 g/mol. The molecule has 1 amide bonds. The number of hydrogen-bond acceptors (Lipinski definition) is 3. The van der Waals surface area contributed by atoms with E-state index in [1.807, 2.05) is 29.6 Å². The summed E-state index contributed by atoms with van der Waals surface area (Å²) in [4.78, 5) is 17.5. The zero-order chi connectivity index (χ0) is 16.2. The molecule has 0 aliphatic heterocycles. The van der Waals surface area contributed by atoms with Gasteiger partial charge in [0.05, 0.1) is 10.9 Å². The molecule has 0 saturated carbocycles. The Hall–Kier alpha value is -2.46. The van der Waals surface area contributed by atoms with Gasteiger partial charge >= 0.3 is 0 Å². The highest BCUT2D eigenvalue weighted by Crippen LogP contribution is 2.26. The van der Waals surface area contributed by atoms with Crippen LogP contribution in [0, 0.1) is 13.8 Å². The number of thiophene rings is 1. The average Bonchev–Trinajstić information content (AvgIpc) is 3.10. The lowest BCUT2D eigenvalue weighted by Crippen LogP contribution is -2.29. The molecule has 3 rings (SSSR count). The van der Waals surface area contributed by atoms with Gasteiger partial charge in [0.15, 0.2) is 0 Å². The minimum Gasteiger partial charge on any atom is -0.340 e. The highest BCUT2D eigenvalue weighted by Gasteiger charge is 2.20. The molecule has 23 heavy (non-hydrogen) atoms. The molecule has 0 saturated heterocycles. The largest absolute Gasteiger partial charge is 0.340 e. The summed E-state index contributed by atoms with van der Waals surface area (Å²) in [6.45, 7) is 4.12. The van der Waals surface area contributed by atoms with E-state index in [1.165, 1.54) is 16.9 Å². The van der Waals surface area contributed by atoms with E-state index in [0.29, 0.717) is 4.88 Å². The first-order chi connectivity index (χ1) is 11.1. The van der Waals surface area contributed by atoms with E-state index in [9.17, 15) is 4.79 Å². The summed E-state index contributed by atoms with van der Waals surface area (Å²) in [6, 6.07) is 13.7. The van der Waals surface area contributed by atoms with Crippen LogP contribution in [0.25, 0.3) is 0 Å². The lowest BCUT2D eigenvalue weighted by atomic mass is 9.94. The fraction of sp³-hybridized carbons (Fsp3) is 0.158. The van der Waals surface area contributed by atoms with Crippen molar-refractivity contribution in [2.45, 2.75) is 19.9 Å². The second-order valence-corrected chi connectivity index (χ2v) is 6.48. The Morgan fingerprint density at radius 2 is 2.04 bits per heavy atom. The van der Waals surface area contributed by atoms with Crippen LogP contribution < -0.4 is 5.32 Å². The van der Waals surface area contributed by atoms with E-state index in [4.69, 9.17) is 0 Å². The van der Waals surface area contributed by atoms with Gasteiger partial charge in [-0.2, -0.15) is 0 Å². The highest BCUT2D eigenvalue weighted by molar-refractivity contribution is 7.12. The van der Waals surface area contributed by atoms with Crippen LogP contribution in [0.3, 0.4) is 0 Å². The van der Waals surface area contributed by atoms with E-state index in [2.05, 4.69) is 42.3 Å². The molecule has 0 fully saturated rings. The number of amides is 1. The highest BCUT2D eigenvalue weighted by atomic mass is 32.1. The van der Waals surface area contributed by atoms with Crippen LogP contribution in [0.4, 0.5) is 0 Å². The Balaban J connectivity index is 2.00. The first kappa shape index (κ1) is 15.4. The Labute approximate surface area is 140 Å². The normalized spacial score (nSPS) is 11.9. The molecular formula is C19H18N2OS. The van der Waals surface area contributed by atoms with Gasteiger partial charge < -0.3 is 5.32 Å². The van der Waals surface area contributed by atoms with Crippen molar-refractivity contribution < 1.29 is 4.79 Å². The number of rotatable bonds is 4. The minimum atomic E-state index is -0.210. The molecule has 0 spiro atoms. The lowest BCUT2D eigenvalue weighted by molar-refractivity contribution is 0.0947. The van der Waals surface area contributed by atoms with Crippen molar-refractivity contribution in [1.82, 2.24) is 10.3 Å². The first-order valence-corrected chi connectivity index (χ1v) is 8.34. The van der Waals surface area contributed by atoms with E-state index in [-0.39, 0.29) is 11.9 Å². The summed E-state index contributed by atoms with van der Waals surface area (Å²) in [7, 11) is 0. The van der Waals surface area contributed by atoms with Crippen molar-refractivity contribution in [3.63, 3.8) is 0 Å². The fourth-order valence-corrected chi connectivity index (χ4v) is 3.20. The lowest BCUT2D eigenvalue weighted by Gasteiger charge is -2.21. The molecule has 116 valence electrons. The summed E-state index contributed by atoms with van der Waals surface area (Å²) in [5.74, 6) is -0.0604. The van der Waals surface area contributed by atoms with Gasteiger partial charge in [0.1, 0.15) is 0 Å². The summed E-state index contributed by atoms with van der Waals surface area (Å²) < 4.78 is 0. The standard InChI is InChI=1S/C19H18N2OS/c1-13-7-8-14(2)16(11-13)18(15-5-3-9-20-12-15)21-19(22)17-6-4-10-23-17/h3-12,18H,1-2H3,(H,21,22)/t18-/m0/s1. The van der Waals surface area contributed by atoms with Crippen LogP contribution in [0.15, 0.2) is 60.2 Å². The summed E-state index contributed by atoms with van der Waals surface area (Å²) in [6.07, 6.45) is 3.55. The van der Waals surface area contributed by atoms with Gasteiger partial charge in [-0.25, -0.2) is 0 Å². The number of nitrogens with one attached hydrogen (secondary N) is 1. The maximum Gasteiger partial charge on any atom is 0.262 e. The van der Waals surface area contributed by atoms with Crippen LogP contribution in [0.1, 0.15) is 38.0 Å². The molecule has 1 atom stereocenters. The van der Waals surface area contributed by atoms with E-state index in [1.54, 1.807) is 12.4 Å². The Morgan fingerprint density at radius 3 is 2.74 bits per heavy atom. The third-order valence-electron chi connectivity index (χ3n) is 3.78. The second kappa shape index (κ2) is 6.75. The number of aromatic nitrogens is 1. The van der Waals surface area contributed by atoms with Gasteiger partial charge in [0, 0.05) is 12.4 Å². The summed E-state index contributed by atoms with van der Waals surface area (Å²) in [5, 5.41) is 5.06. The van der Waals surface area contributed by atoms with E-state index >= 15 is 0 Å². The van der Waals surface area contributed by atoms with Crippen molar-refractivity contribution in [3.8, 4) is 0 Å². The van der Waals surface area contributed by atoms with Gasteiger partial charge in [-0.1, -0.05) is 35.9 Å². The Bertz CT molecular complexity index is 798. The molecule has 2 heterocycles. The molecule has 3 nitrogen and oxygen atoms in total. The van der Waals surface area contributed by atoms with Crippen LogP contribution in [0.5, 0.6) is 0 Å². The van der Waals surface area contributed by atoms with E-state index < -0.39 is 0 Å². The van der Waals surface area contributed by atoms with Crippen molar-refractivity contribution in [3.05, 3.63) is 87.4 Å². The summed E-state index contributed by atoms with van der Waals surface area (Å²) in [5.41, 5.74) is 4.40. The van der Waals surface area contributed by atoms with Gasteiger partial charge in [0.2, 0.25) is 0 Å². The molecule has 1 N–H and O–H groups in total. The molecule has 0 radical (unpaired) electrons. The molecule has 0 aliphatic carbocycles. The van der Waals surface area contributed by atoms with Gasteiger partial charge in [-0.3, -0.25) is 9.78 Å². The molecule has 0 aliphatic rings. The third-order valence-corrected chi connectivity index (χ3v) is 4.65. The van der Waals surface area contributed by atoms with Crippen molar-refractivity contribution >= 4 is 17.2 Å². The quantitative estimate of drug-likeness (QED) is 0.779. The first-order valence-electron chi connectivity index (χ1n) is 7.46.